The average Bonchev–Trinajstić information content (AvgIpc) is 2.68. The van der Waals surface area contributed by atoms with Crippen molar-refractivity contribution in [2.24, 2.45) is 0 Å². The number of halogens is 3. The lowest BCUT2D eigenvalue weighted by Crippen LogP contribution is -2.38. The van der Waals surface area contributed by atoms with Gasteiger partial charge in [0.1, 0.15) is 0 Å². The largest absolute Gasteiger partial charge is 0.401 e. The number of rotatable bonds is 8. The van der Waals surface area contributed by atoms with Crippen LogP contribution in [0.15, 0.2) is 6.07 Å². The van der Waals surface area contributed by atoms with Crippen LogP contribution < -0.4 is 5.32 Å². The van der Waals surface area contributed by atoms with E-state index in [0.29, 0.717) is 6.54 Å². The molecule has 21 heavy (non-hydrogen) atoms. The topological polar surface area (TPSA) is 15.3 Å². The second kappa shape index (κ2) is 8.15. The molecule has 0 saturated carbocycles. The zero-order valence-corrected chi connectivity index (χ0v) is 14.0. The van der Waals surface area contributed by atoms with Crippen LogP contribution in [0.1, 0.15) is 42.5 Å². The molecule has 6 heteroatoms. The summed E-state index contributed by atoms with van der Waals surface area (Å²) in [5.74, 6) is 0. The van der Waals surface area contributed by atoms with Gasteiger partial charge in [0, 0.05) is 28.9 Å². The zero-order valence-electron chi connectivity index (χ0n) is 13.2. The highest BCUT2D eigenvalue weighted by Crippen LogP contribution is 2.25. The van der Waals surface area contributed by atoms with E-state index in [0.717, 1.165) is 30.0 Å². The number of nitrogens with one attached hydrogen (secondary N) is 1. The molecule has 0 aliphatic carbocycles. The molecule has 0 aliphatic heterocycles. The molecule has 1 aromatic heterocycles. The minimum Gasteiger partial charge on any atom is -0.312 e. The lowest BCUT2D eigenvalue weighted by atomic mass is 10.2. The van der Waals surface area contributed by atoms with Crippen LogP contribution in [0.2, 0.25) is 0 Å². The van der Waals surface area contributed by atoms with E-state index in [4.69, 9.17) is 0 Å². The van der Waals surface area contributed by atoms with E-state index in [2.05, 4.69) is 12.2 Å². The van der Waals surface area contributed by atoms with Crippen LogP contribution in [-0.2, 0) is 13.1 Å². The van der Waals surface area contributed by atoms with E-state index in [-0.39, 0.29) is 6.04 Å². The van der Waals surface area contributed by atoms with Crippen molar-refractivity contribution >= 4 is 11.3 Å². The molecule has 0 spiro atoms. The zero-order chi connectivity index (χ0) is 16.0. The van der Waals surface area contributed by atoms with Gasteiger partial charge < -0.3 is 5.32 Å². The third-order valence-corrected chi connectivity index (χ3v) is 4.38. The SMILES string of the molecule is CCCNCc1cc(CN(CC(F)(F)F)C(C)C)c(C)s1. The summed E-state index contributed by atoms with van der Waals surface area (Å²) in [5, 5.41) is 3.32. The maximum atomic E-state index is 12.6. The van der Waals surface area contributed by atoms with Crippen molar-refractivity contribution in [3.63, 3.8) is 0 Å². The first-order valence-corrected chi connectivity index (χ1v) is 8.14. The van der Waals surface area contributed by atoms with Crippen LogP contribution in [0.4, 0.5) is 13.2 Å². The number of alkyl halides is 3. The van der Waals surface area contributed by atoms with Crippen molar-refractivity contribution in [3.8, 4) is 0 Å². The Labute approximate surface area is 129 Å². The standard InChI is InChI=1S/C15H25F3N2S/c1-5-6-19-8-14-7-13(12(4)21-14)9-20(11(2)3)10-15(16,17)18/h7,11,19H,5-6,8-10H2,1-4H3. The van der Waals surface area contributed by atoms with E-state index in [1.165, 1.54) is 9.78 Å². The molecule has 1 heterocycles. The van der Waals surface area contributed by atoms with Gasteiger partial charge in [-0.3, -0.25) is 4.90 Å². The van der Waals surface area contributed by atoms with Crippen molar-refractivity contribution in [3.05, 3.63) is 21.4 Å². The summed E-state index contributed by atoms with van der Waals surface area (Å²) < 4.78 is 37.9. The highest BCUT2D eigenvalue weighted by molar-refractivity contribution is 7.12. The Morgan fingerprint density at radius 3 is 2.52 bits per heavy atom. The maximum absolute atomic E-state index is 12.6. The molecule has 122 valence electrons. The molecule has 0 bridgehead atoms. The van der Waals surface area contributed by atoms with E-state index in [9.17, 15) is 13.2 Å². The summed E-state index contributed by atoms with van der Waals surface area (Å²) in [4.78, 5) is 3.76. The summed E-state index contributed by atoms with van der Waals surface area (Å²) in [7, 11) is 0. The summed E-state index contributed by atoms with van der Waals surface area (Å²) in [6.07, 6.45) is -3.08. The first kappa shape index (κ1) is 18.5. The molecule has 1 aromatic rings. The van der Waals surface area contributed by atoms with Crippen LogP contribution in [0.3, 0.4) is 0 Å². The third-order valence-electron chi connectivity index (χ3n) is 3.28. The van der Waals surface area contributed by atoms with E-state index in [1.54, 1.807) is 25.2 Å². The fourth-order valence-corrected chi connectivity index (χ4v) is 3.11. The van der Waals surface area contributed by atoms with Gasteiger partial charge >= 0.3 is 6.18 Å². The fourth-order valence-electron chi connectivity index (χ4n) is 2.09. The lowest BCUT2D eigenvalue weighted by Gasteiger charge is -2.27. The predicted octanol–water partition coefficient (Wildman–Crippen LogP) is 4.33. The third kappa shape index (κ3) is 6.80. The Kier molecular flexibility index (Phi) is 7.16. The van der Waals surface area contributed by atoms with Crippen LogP contribution >= 0.6 is 11.3 Å². The number of thiophene rings is 1. The van der Waals surface area contributed by atoms with Crippen LogP contribution in [0.25, 0.3) is 0 Å². The summed E-state index contributed by atoms with van der Waals surface area (Å²) in [5.41, 5.74) is 1.01. The van der Waals surface area contributed by atoms with Crippen molar-refractivity contribution < 1.29 is 13.2 Å². The second-order valence-electron chi connectivity index (χ2n) is 5.58. The van der Waals surface area contributed by atoms with E-state index < -0.39 is 12.7 Å². The Balaban J connectivity index is 2.70. The summed E-state index contributed by atoms with van der Waals surface area (Å²) in [6.45, 7) is 8.94. The molecule has 0 fully saturated rings. The van der Waals surface area contributed by atoms with Crippen LogP contribution in [0, 0.1) is 6.92 Å². The van der Waals surface area contributed by atoms with Crippen molar-refractivity contribution in [1.29, 1.82) is 0 Å². The molecular formula is C15H25F3N2S. The van der Waals surface area contributed by atoms with Crippen molar-refractivity contribution in [2.75, 3.05) is 13.1 Å². The quantitative estimate of drug-likeness (QED) is 0.717. The van der Waals surface area contributed by atoms with Crippen LogP contribution in [0.5, 0.6) is 0 Å². The molecule has 0 amide bonds. The highest BCUT2D eigenvalue weighted by Gasteiger charge is 2.32. The minimum atomic E-state index is -4.15. The monoisotopic (exact) mass is 322 g/mol. The predicted molar refractivity (Wildman–Crippen MR) is 82.7 cm³/mol. The molecule has 0 radical (unpaired) electrons. The molecule has 0 unspecified atom stereocenters. The van der Waals surface area contributed by atoms with Gasteiger partial charge in [0.05, 0.1) is 6.54 Å². The second-order valence-corrected chi connectivity index (χ2v) is 6.93. The molecule has 2 nitrogen and oxygen atoms in total. The van der Waals surface area contributed by atoms with E-state index >= 15 is 0 Å². The Morgan fingerprint density at radius 1 is 1.33 bits per heavy atom. The molecule has 1 N–H and O–H groups in total. The molecule has 0 aromatic carbocycles. The van der Waals surface area contributed by atoms with Gasteiger partial charge in [0.15, 0.2) is 0 Å². The van der Waals surface area contributed by atoms with Gasteiger partial charge in [0.25, 0.3) is 0 Å². The first-order valence-electron chi connectivity index (χ1n) is 7.32. The van der Waals surface area contributed by atoms with Crippen molar-refractivity contribution in [2.45, 2.75) is 59.4 Å². The summed E-state index contributed by atoms with van der Waals surface area (Å²) in [6, 6.07) is 1.90. The van der Waals surface area contributed by atoms with E-state index in [1.807, 2.05) is 13.0 Å². The Hall–Kier alpha value is -0.590. The molecule has 0 atom stereocenters. The molecule has 1 rings (SSSR count). The van der Waals surface area contributed by atoms with Gasteiger partial charge in [-0.15, -0.1) is 11.3 Å². The highest BCUT2D eigenvalue weighted by atomic mass is 32.1. The number of hydrogen-bond acceptors (Lipinski definition) is 3. The molecular weight excluding hydrogens is 297 g/mol. The van der Waals surface area contributed by atoms with Gasteiger partial charge in [-0.25, -0.2) is 0 Å². The van der Waals surface area contributed by atoms with Gasteiger partial charge in [-0.1, -0.05) is 6.92 Å². The van der Waals surface area contributed by atoms with Gasteiger partial charge in [-0.2, -0.15) is 13.2 Å². The number of nitrogens with zero attached hydrogens (tertiary/aromatic N) is 1. The van der Waals surface area contributed by atoms with Gasteiger partial charge in [-0.05, 0) is 45.4 Å². The Bertz CT molecular complexity index is 427. The minimum absolute atomic E-state index is 0.132. The molecule has 0 aliphatic rings. The number of hydrogen-bond donors (Lipinski definition) is 1. The van der Waals surface area contributed by atoms with Crippen LogP contribution in [-0.4, -0.2) is 30.2 Å². The number of aryl methyl sites for hydroxylation is 1. The maximum Gasteiger partial charge on any atom is 0.401 e. The smallest absolute Gasteiger partial charge is 0.312 e. The van der Waals surface area contributed by atoms with Gasteiger partial charge in [0.2, 0.25) is 0 Å². The fraction of sp³-hybridized carbons (Fsp3) is 0.733. The first-order chi connectivity index (χ1) is 9.73. The average molecular weight is 322 g/mol. The lowest BCUT2D eigenvalue weighted by molar-refractivity contribution is -0.150. The normalized spacial score (nSPS) is 12.6. The molecule has 0 saturated heterocycles. The summed E-state index contributed by atoms with van der Waals surface area (Å²) >= 11 is 1.67. The van der Waals surface area contributed by atoms with Crippen molar-refractivity contribution in [1.82, 2.24) is 10.2 Å². The Morgan fingerprint density at radius 2 is 2.00 bits per heavy atom.